The van der Waals surface area contributed by atoms with Crippen LogP contribution in [0.1, 0.15) is 11.1 Å². The monoisotopic (exact) mass is 480 g/mol. The van der Waals surface area contributed by atoms with Crippen LogP contribution in [0.3, 0.4) is 0 Å². The van der Waals surface area contributed by atoms with Gasteiger partial charge in [-0.3, -0.25) is 9.10 Å². The number of halogens is 3. The molecule has 0 aliphatic rings. The first-order chi connectivity index (χ1) is 14.6. The number of sulfonamides is 1. The van der Waals surface area contributed by atoms with Crippen LogP contribution in [-0.2, 0) is 14.8 Å². The zero-order valence-corrected chi connectivity index (χ0v) is 19.0. The maximum Gasteiger partial charge on any atom is 0.264 e. The predicted octanol–water partition coefficient (Wildman–Crippen LogP) is 5.58. The zero-order chi connectivity index (χ0) is 22.8. The second-order valence-electron chi connectivity index (χ2n) is 6.93. The summed E-state index contributed by atoms with van der Waals surface area (Å²) < 4.78 is 41.2. The average molecular weight is 481 g/mol. The van der Waals surface area contributed by atoms with Gasteiger partial charge in [0.05, 0.1) is 15.6 Å². The molecule has 3 rings (SSSR count). The number of rotatable bonds is 6. The number of nitrogens with zero attached hydrogens (tertiary/aromatic N) is 1. The van der Waals surface area contributed by atoms with E-state index in [4.69, 9.17) is 23.2 Å². The summed E-state index contributed by atoms with van der Waals surface area (Å²) in [6.07, 6.45) is 0. The van der Waals surface area contributed by atoms with Crippen molar-refractivity contribution in [1.29, 1.82) is 0 Å². The van der Waals surface area contributed by atoms with Crippen LogP contribution in [0.5, 0.6) is 0 Å². The minimum Gasteiger partial charge on any atom is -0.324 e. The summed E-state index contributed by atoms with van der Waals surface area (Å²) in [6.45, 7) is 3.04. The molecule has 0 aromatic heterocycles. The second kappa shape index (κ2) is 9.26. The molecule has 0 saturated heterocycles. The van der Waals surface area contributed by atoms with Crippen LogP contribution in [0.25, 0.3) is 0 Å². The fourth-order valence-electron chi connectivity index (χ4n) is 2.94. The fraction of sp³-hybridized carbons (Fsp3) is 0.136. The Kier molecular flexibility index (Phi) is 6.89. The summed E-state index contributed by atoms with van der Waals surface area (Å²) in [5, 5.41) is 2.84. The molecule has 9 heteroatoms. The molecule has 0 fully saturated rings. The number of amides is 1. The Labute approximate surface area is 190 Å². The van der Waals surface area contributed by atoms with Gasteiger partial charge in [0.2, 0.25) is 5.91 Å². The smallest absolute Gasteiger partial charge is 0.264 e. The number of hydrogen-bond donors (Lipinski definition) is 1. The molecule has 0 heterocycles. The Hall–Kier alpha value is -2.61. The van der Waals surface area contributed by atoms with Gasteiger partial charge >= 0.3 is 0 Å². The Morgan fingerprint density at radius 1 is 1.00 bits per heavy atom. The third-order valence-corrected chi connectivity index (χ3v) is 6.83. The fourth-order valence-corrected chi connectivity index (χ4v) is 4.83. The molecular formula is C22H19Cl2FN2O3S. The summed E-state index contributed by atoms with van der Waals surface area (Å²) >= 11 is 11.8. The molecule has 5 nitrogen and oxygen atoms in total. The second-order valence-corrected chi connectivity index (χ2v) is 9.64. The number of hydrogen-bond acceptors (Lipinski definition) is 3. The maximum absolute atomic E-state index is 13.4. The summed E-state index contributed by atoms with van der Waals surface area (Å²) in [4.78, 5) is 12.8. The summed E-state index contributed by atoms with van der Waals surface area (Å²) in [6, 6.07) is 14.8. The van der Waals surface area contributed by atoms with Gasteiger partial charge in [-0.25, -0.2) is 12.8 Å². The van der Waals surface area contributed by atoms with Crippen molar-refractivity contribution in [2.24, 2.45) is 0 Å². The first-order valence-corrected chi connectivity index (χ1v) is 11.4. The van der Waals surface area contributed by atoms with Gasteiger partial charge < -0.3 is 5.32 Å². The lowest BCUT2D eigenvalue weighted by Gasteiger charge is -2.26. The molecule has 1 amide bonds. The lowest BCUT2D eigenvalue weighted by molar-refractivity contribution is -0.114. The molecule has 0 spiro atoms. The minimum absolute atomic E-state index is 0.0464. The van der Waals surface area contributed by atoms with Gasteiger partial charge in [-0.05, 0) is 67.9 Å². The molecule has 0 aliphatic heterocycles. The van der Waals surface area contributed by atoms with E-state index in [2.05, 4.69) is 5.32 Å². The van der Waals surface area contributed by atoms with E-state index in [9.17, 15) is 17.6 Å². The number of nitrogens with one attached hydrogen (secondary N) is 1. The molecule has 0 saturated carbocycles. The SMILES string of the molecule is Cc1ccc(S(=O)(=O)N(CC(=O)Nc2ccc(F)c(Cl)c2)c2ccc(Cl)cc2C)cc1. The molecular weight excluding hydrogens is 462 g/mol. The standard InChI is InChI=1S/C22H19Cl2FN2O3S/c1-14-3-7-18(8-4-14)31(29,30)27(21-10-5-16(23)11-15(21)2)13-22(28)26-17-6-9-20(25)19(24)12-17/h3-12H,13H2,1-2H3,(H,26,28). The summed E-state index contributed by atoms with van der Waals surface area (Å²) in [7, 11) is -4.07. The van der Waals surface area contributed by atoms with Crippen molar-refractivity contribution in [2.45, 2.75) is 18.7 Å². The van der Waals surface area contributed by atoms with Crippen molar-refractivity contribution in [3.8, 4) is 0 Å². The van der Waals surface area contributed by atoms with E-state index in [1.54, 1.807) is 37.3 Å². The quantitative estimate of drug-likeness (QED) is 0.500. The highest BCUT2D eigenvalue weighted by Gasteiger charge is 2.28. The number of aryl methyl sites for hydroxylation is 2. The van der Waals surface area contributed by atoms with E-state index < -0.39 is 28.3 Å². The Morgan fingerprint density at radius 3 is 2.29 bits per heavy atom. The van der Waals surface area contributed by atoms with Crippen LogP contribution in [0, 0.1) is 19.7 Å². The van der Waals surface area contributed by atoms with Crippen LogP contribution in [0.2, 0.25) is 10.0 Å². The van der Waals surface area contributed by atoms with Crippen molar-refractivity contribution in [2.75, 3.05) is 16.2 Å². The van der Waals surface area contributed by atoms with Gasteiger partial charge in [-0.15, -0.1) is 0 Å². The van der Waals surface area contributed by atoms with Crippen molar-refractivity contribution < 1.29 is 17.6 Å². The van der Waals surface area contributed by atoms with Gasteiger partial charge in [-0.1, -0.05) is 40.9 Å². The molecule has 0 bridgehead atoms. The summed E-state index contributed by atoms with van der Waals surface area (Å²) in [5.41, 5.74) is 2.05. The number of carbonyl (C=O) groups is 1. The molecule has 0 aliphatic carbocycles. The Morgan fingerprint density at radius 2 is 1.68 bits per heavy atom. The molecule has 162 valence electrons. The van der Waals surface area contributed by atoms with Gasteiger partial charge in [0.25, 0.3) is 10.0 Å². The van der Waals surface area contributed by atoms with Crippen LogP contribution in [0.4, 0.5) is 15.8 Å². The molecule has 0 unspecified atom stereocenters. The topological polar surface area (TPSA) is 66.5 Å². The first-order valence-electron chi connectivity index (χ1n) is 9.18. The molecule has 0 atom stereocenters. The highest BCUT2D eigenvalue weighted by molar-refractivity contribution is 7.92. The maximum atomic E-state index is 13.4. The van der Waals surface area contributed by atoms with Crippen LogP contribution in [0.15, 0.2) is 65.6 Å². The van der Waals surface area contributed by atoms with E-state index in [0.29, 0.717) is 16.3 Å². The van der Waals surface area contributed by atoms with Crippen molar-refractivity contribution in [3.05, 3.63) is 87.7 Å². The molecule has 0 radical (unpaired) electrons. The van der Waals surface area contributed by atoms with Gasteiger partial charge in [0.15, 0.2) is 0 Å². The van der Waals surface area contributed by atoms with Crippen LogP contribution >= 0.6 is 23.2 Å². The number of benzene rings is 3. The number of anilines is 2. The first kappa shape index (κ1) is 23.1. The third-order valence-electron chi connectivity index (χ3n) is 4.53. The van der Waals surface area contributed by atoms with Crippen molar-refractivity contribution in [1.82, 2.24) is 0 Å². The highest BCUT2D eigenvalue weighted by atomic mass is 35.5. The predicted molar refractivity (Wildman–Crippen MR) is 122 cm³/mol. The van der Waals surface area contributed by atoms with Gasteiger partial charge in [-0.2, -0.15) is 0 Å². The van der Waals surface area contributed by atoms with Crippen LogP contribution < -0.4 is 9.62 Å². The highest BCUT2D eigenvalue weighted by Crippen LogP contribution is 2.29. The normalized spacial score (nSPS) is 11.3. The van der Waals surface area contributed by atoms with E-state index in [-0.39, 0.29) is 15.6 Å². The molecule has 3 aromatic rings. The van der Waals surface area contributed by atoms with Crippen molar-refractivity contribution in [3.63, 3.8) is 0 Å². The lowest BCUT2D eigenvalue weighted by Crippen LogP contribution is -2.38. The Balaban J connectivity index is 1.98. The number of carbonyl (C=O) groups excluding carboxylic acids is 1. The average Bonchev–Trinajstić information content (AvgIpc) is 2.70. The van der Waals surface area contributed by atoms with Crippen molar-refractivity contribution >= 4 is 50.5 Å². The van der Waals surface area contributed by atoms with Crippen LogP contribution in [-0.4, -0.2) is 20.9 Å². The van der Waals surface area contributed by atoms with E-state index >= 15 is 0 Å². The van der Waals surface area contributed by atoms with Gasteiger partial charge in [0, 0.05) is 10.7 Å². The van der Waals surface area contributed by atoms with Gasteiger partial charge in [0.1, 0.15) is 12.4 Å². The van der Waals surface area contributed by atoms with E-state index in [1.165, 1.54) is 24.3 Å². The molecule has 1 N–H and O–H groups in total. The van der Waals surface area contributed by atoms with E-state index in [1.807, 2.05) is 6.92 Å². The Bertz CT molecular complexity index is 1230. The third kappa shape index (κ3) is 5.36. The molecule has 3 aromatic carbocycles. The summed E-state index contributed by atoms with van der Waals surface area (Å²) in [5.74, 6) is -1.24. The van der Waals surface area contributed by atoms with E-state index in [0.717, 1.165) is 15.9 Å². The minimum atomic E-state index is -4.07. The molecule has 31 heavy (non-hydrogen) atoms. The lowest BCUT2D eigenvalue weighted by atomic mass is 10.2. The zero-order valence-electron chi connectivity index (χ0n) is 16.7. The largest absolute Gasteiger partial charge is 0.324 e.